The van der Waals surface area contributed by atoms with Crippen LogP contribution in [-0.4, -0.2) is 120 Å². The summed E-state index contributed by atoms with van der Waals surface area (Å²) in [4.78, 5) is 70.3. The lowest BCUT2D eigenvalue weighted by Crippen LogP contribution is -2.60. The minimum atomic E-state index is -1.31. The highest BCUT2D eigenvalue weighted by atomic mass is 16.5. The first kappa shape index (κ1) is 39.4. The zero-order chi connectivity index (χ0) is 38.9. The number of carbonyl (C=O) groups excluding carboxylic acids is 4. The Balaban J connectivity index is 1.21. The second-order valence-electron chi connectivity index (χ2n) is 13.5. The lowest BCUT2D eigenvalue weighted by atomic mass is 10.0. The smallest absolute Gasteiger partial charge is 0.407 e. The molecule has 4 N–H and O–H groups in total. The molecular formula is C38H46N8O8. The van der Waals surface area contributed by atoms with Gasteiger partial charge in [0.2, 0.25) is 0 Å². The zero-order valence-corrected chi connectivity index (χ0v) is 31.3. The highest BCUT2D eigenvalue weighted by Gasteiger charge is 2.45. The lowest BCUT2D eigenvalue weighted by molar-refractivity contribution is -0.141. The largest absolute Gasteiger partial charge is 0.453 e. The third kappa shape index (κ3) is 8.85. The van der Waals surface area contributed by atoms with Gasteiger partial charge < -0.3 is 49.3 Å². The van der Waals surface area contributed by atoms with E-state index in [1.54, 1.807) is 36.0 Å². The SMILES string of the molecule is COCC(C)(NC(=O)OC)C(=O)N1CCC[C@@H]1c1ncc(C#CC#Cc2ccc(-c3cnc([C@H]4CCCN4C(=O)C(C)(COC)NC(=O)OC)[nH]3)cc2)[nH]1. The van der Waals surface area contributed by atoms with Gasteiger partial charge in [0.15, 0.2) is 0 Å². The van der Waals surface area contributed by atoms with Gasteiger partial charge in [-0.3, -0.25) is 9.59 Å². The van der Waals surface area contributed by atoms with Crippen LogP contribution in [0.4, 0.5) is 9.59 Å². The van der Waals surface area contributed by atoms with E-state index in [4.69, 9.17) is 18.9 Å². The number of methoxy groups -OCH3 is 4. The van der Waals surface area contributed by atoms with E-state index in [1.165, 1.54) is 28.4 Å². The van der Waals surface area contributed by atoms with Crippen LogP contribution in [0.3, 0.4) is 0 Å². The van der Waals surface area contributed by atoms with Crippen molar-refractivity contribution < 1.29 is 38.1 Å². The van der Waals surface area contributed by atoms with E-state index in [-0.39, 0.29) is 37.1 Å². The molecule has 2 fully saturated rings. The Morgan fingerprint density at radius 2 is 1.26 bits per heavy atom. The van der Waals surface area contributed by atoms with E-state index < -0.39 is 23.3 Å². The predicted molar refractivity (Wildman–Crippen MR) is 195 cm³/mol. The van der Waals surface area contributed by atoms with Gasteiger partial charge in [-0.25, -0.2) is 19.6 Å². The molecule has 2 aromatic heterocycles. The van der Waals surface area contributed by atoms with Crippen LogP contribution in [0.25, 0.3) is 11.3 Å². The van der Waals surface area contributed by atoms with Crippen LogP contribution in [0.1, 0.15) is 74.5 Å². The van der Waals surface area contributed by atoms with E-state index in [0.29, 0.717) is 36.9 Å². The van der Waals surface area contributed by atoms with Gasteiger partial charge in [-0.15, -0.1) is 0 Å². The molecule has 0 saturated carbocycles. The van der Waals surface area contributed by atoms with Crippen LogP contribution < -0.4 is 10.6 Å². The van der Waals surface area contributed by atoms with Crippen molar-refractivity contribution in [3.8, 4) is 34.9 Å². The van der Waals surface area contributed by atoms with Crippen molar-refractivity contribution in [2.24, 2.45) is 0 Å². The van der Waals surface area contributed by atoms with Crippen LogP contribution in [0.2, 0.25) is 0 Å². The van der Waals surface area contributed by atoms with Crippen LogP contribution in [0.15, 0.2) is 36.7 Å². The summed E-state index contributed by atoms with van der Waals surface area (Å²) in [6.45, 7) is 4.21. The molecule has 54 heavy (non-hydrogen) atoms. The van der Waals surface area contributed by atoms with Crippen molar-refractivity contribution in [3.05, 3.63) is 59.6 Å². The first-order valence-electron chi connectivity index (χ1n) is 17.5. The summed E-state index contributed by atoms with van der Waals surface area (Å²) < 4.78 is 20.0. The van der Waals surface area contributed by atoms with E-state index in [9.17, 15) is 19.2 Å². The normalized spacial score (nSPS) is 18.6. The van der Waals surface area contributed by atoms with E-state index in [0.717, 1.165) is 36.1 Å². The maximum absolute atomic E-state index is 13.6. The maximum atomic E-state index is 13.6. The zero-order valence-electron chi connectivity index (χ0n) is 31.3. The highest BCUT2D eigenvalue weighted by Crippen LogP contribution is 2.34. The fourth-order valence-electron chi connectivity index (χ4n) is 6.81. The van der Waals surface area contributed by atoms with Crippen LogP contribution in [-0.2, 0) is 28.5 Å². The molecule has 5 rings (SSSR count). The Bertz CT molecular complexity index is 1950. The molecule has 1 aromatic carbocycles. The molecule has 286 valence electrons. The quantitative estimate of drug-likeness (QED) is 0.212. The lowest BCUT2D eigenvalue weighted by Gasteiger charge is -2.34. The number of alkyl carbamates (subject to hydrolysis) is 2. The van der Waals surface area contributed by atoms with Crippen molar-refractivity contribution in [2.45, 2.75) is 62.7 Å². The van der Waals surface area contributed by atoms with Gasteiger partial charge >= 0.3 is 12.2 Å². The average molecular weight is 743 g/mol. The van der Waals surface area contributed by atoms with Crippen molar-refractivity contribution in [1.82, 2.24) is 40.4 Å². The second-order valence-corrected chi connectivity index (χ2v) is 13.5. The number of amides is 4. The molecular weight excluding hydrogens is 696 g/mol. The van der Waals surface area contributed by atoms with Crippen molar-refractivity contribution >= 4 is 24.0 Å². The average Bonchev–Trinajstić information content (AvgIpc) is 4.00. The molecule has 4 heterocycles. The summed E-state index contributed by atoms with van der Waals surface area (Å²) in [5.74, 6) is 12.4. The molecule has 0 bridgehead atoms. The summed E-state index contributed by atoms with van der Waals surface area (Å²) in [5.41, 5.74) is 0.389. The highest BCUT2D eigenvalue weighted by molar-refractivity contribution is 5.91. The summed E-state index contributed by atoms with van der Waals surface area (Å²) in [6, 6.07) is 7.02. The minimum absolute atomic E-state index is 0.0172. The predicted octanol–water partition coefficient (Wildman–Crippen LogP) is 3.05. The molecule has 2 aliphatic heterocycles. The van der Waals surface area contributed by atoms with Gasteiger partial charge in [-0.1, -0.05) is 18.1 Å². The Kier molecular flexibility index (Phi) is 12.6. The number of aromatic nitrogens is 4. The van der Waals surface area contributed by atoms with Gasteiger partial charge in [0.25, 0.3) is 11.8 Å². The summed E-state index contributed by atoms with van der Waals surface area (Å²) in [7, 11) is 5.42. The molecule has 0 aliphatic carbocycles. The molecule has 2 aliphatic rings. The molecule has 4 atom stereocenters. The number of aromatic amines is 2. The number of H-pyrrole nitrogens is 2. The molecule has 2 saturated heterocycles. The van der Waals surface area contributed by atoms with Crippen LogP contribution >= 0.6 is 0 Å². The molecule has 16 heteroatoms. The second kappa shape index (κ2) is 17.3. The molecule has 2 unspecified atom stereocenters. The van der Waals surface area contributed by atoms with Gasteiger partial charge in [-0.2, -0.15) is 0 Å². The number of nitrogens with one attached hydrogen (secondary N) is 4. The Morgan fingerprint density at radius 1 is 0.759 bits per heavy atom. The molecule has 0 radical (unpaired) electrons. The van der Waals surface area contributed by atoms with Crippen molar-refractivity contribution in [1.29, 1.82) is 0 Å². The first-order chi connectivity index (χ1) is 25.9. The maximum Gasteiger partial charge on any atom is 0.407 e. The van der Waals surface area contributed by atoms with Gasteiger partial charge in [0.1, 0.15) is 28.4 Å². The van der Waals surface area contributed by atoms with Gasteiger partial charge in [0.05, 0.1) is 57.6 Å². The summed E-state index contributed by atoms with van der Waals surface area (Å²) in [6.07, 6.45) is 4.90. The number of hydrogen-bond donors (Lipinski definition) is 4. The Labute approximate surface area is 314 Å². The number of rotatable bonds is 11. The number of hydrogen-bond acceptors (Lipinski definition) is 10. The van der Waals surface area contributed by atoms with Crippen molar-refractivity contribution in [3.63, 3.8) is 0 Å². The Hall–Kier alpha value is -5.84. The Morgan fingerprint density at radius 3 is 1.78 bits per heavy atom. The first-order valence-corrected chi connectivity index (χ1v) is 17.5. The number of ether oxygens (including phenoxy) is 4. The summed E-state index contributed by atoms with van der Waals surface area (Å²) >= 11 is 0. The molecule has 4 amide bonds. The molecule has 0 spiro atoms. The number of likely N-dealkylation sites (tertiary alicyclic amines) is 2. The molecule has 16 nitrogen and oxygen atoms in total. The number of nitrogens with zero attached hydrogens (tertiary/aromatic N) is 4. The summed E-state index contributed by atoms with van der Waals surface area (Å²) in [5, 5.41) is 5.23. The van der Waals surface area contributed by atoms with E-state index in [2.05, 4.69) is 54.3 Å². The fraction of sp³-hybridized carbons (Fsp3) is 0.474. The van der Waals surface area contributed by atoms with Crippen molar-refractivity contribution in [2.75, 3.05) is 54.7 Å². The molecule has 3 aromatic rings. The van der Waals surface area contributed by atoms with E-state index in [1.807, 2.05) is 24.3 Å². The standard InChI is InChI=1S/C38H46N8O8/c1-37(23-51-3,43-35(49)53-5)33(47)45-19-9-13-29(45)31-39-21-27(41-31)12-8-7-11-25-15-17-26(18-16-25)28-22-40-32(42-28)30-14-10-20-46(30)34(48)38(2,24-52-4)44-36(50)54-6/h15-18,21-22,29-30H,9-10,13-14,19-20,23-24H2,1-6H3,(H,39,41)(H,40,42)(H,43,49)(H,44,50)/t29-,30-,37?,38?/m1/s1. The van der Waals surface area contributed by atoms with E-state index >= 15 is 0 Å². The third-order valence-corrected chi connectivity index (χ3v) is 9.45. The fourth-order valence-corrected chi connectivity index (χ4v) is 6.81. The number of carbonyl (C=O) groups is 4. The number of benzene rings is 1. The van der Waals surface area contributed by atoms with Gasteiger partial charge in [-0.05, 0) is 75.0 Å². The number of imidazole rings is 2. The van der Waals surface area contributed by atoms with Gasteiger partial charge in [0, 0.05) is 32.9 Å². The minimum Gasteiger partial charge on any atom is -0.453 e. The van der Waals surface area contributed by atoms with Crippen LogP contribution in [0, 0.1) is 23.7 Å². The topological polar surface area (TPSA) is 193 Å². The monoisotopic (exact) mass is 742 g/mol. The third-order valence-electron chi connectivity index (χ3n) is 9.45. The van der Waals surface area contributed by atoms with Crippen LogP contribution in [0.5, 0.6) is 0 Å².